The third kappa shape index (κ3) is 5.03. The molecule has 0 amide bonds. The summed E-state index contributed by atoms with van der Waals surface area (Å²) in [6, 6.07) is 0.0633. The molecule has 0 bridgehead atoms. The van der Waals surface area contributed by atoms with Crippen molar-refractivity contribution in [2.75, 3.05) is 20.4 Å². The lowest BCUT2D eigenvalue weighted by atomic mass is 11.0. The van der Waals surface area contributed by atoms with E-state index in [4.69, 9.17) is 22.8 Å². The van der Waals surface area contributed by atoms with Gasteiger partial charge < -0.3 is 22.8 Å². The highest BCUT2D eigenvalue weighted by molar-refractivity contribution is 7.51. The molecule has 0 unspecified atom stereocenters. The Morgan fingerprint density at radius 3 is 2.08 bits per heavy atom. The van der Waals surface area contributed by atoms with Gasteiger partial charge in [0.1, 0.15) is 0 Å². The van der Waals surface area contributed by atoms with E-state index in [1.54, 1.807) is 0 Å². The van der Waals surface area contributed by atoms with Crippen molar-refractivity contribution in [3.63, 3.8) is 0 Å². The molecule has 13 heavy (non-hydrogen) atoms. The lowest BCUT2D eigenvalue weighted by Gasteiger charge is -2.24. The predicted octanol–water partition coefficient (Wildman–Crippen LogP) is -0.504. The average molecular weight is 243 g/mol. The van der Waals surface area contributed by atoms with Crippen LogP contribution in [0.2, 0.25) is 6.04 Å². The Labute approximate surface area is 81.3 Å². The molecule has 0 fully saturated rings. The maximum Gasteiger partial charge on any atom is 0.490 e. The van der Waals surface area contributed by atoms with Gasteiger partial charge in [0.15, 0.2) is 0 Å². The van der Waals surface area contributed by atoms with Crippen LogP contribution in [0.4, 0.5) is 0 Å². The zero-order valence-electron chi connectivity index (χ0n) is 7.39. The van der Waals surface area contributed by atoms with E-state index in [1.165, 1.54) is 14.2 Å². The van der Waals surface area contributed by atoms with Crippen LogP contribution in [0.15, 0.2) is 0 Å². The van der Waals surface area contributed by atoms with Gasteiger partial charge in [-0.05, 0) is 0 Å². The highest BCUT2D eigenvalue weighted by Gasteiger charge is 2.39. The first-order chi connectivity index (χ1) is 5.89. The van der Waals surface area contributed by atoms with E-state index in [2.05, 4.69) is 10.5 Å². The van der Waals surface area contributed by atoms with Crippen LogP contribution in [0.3, 0.4) is 0 Å². The highest BCUT2D eigenvalue weighted by Crippen LogP contribution is 2.37. The summed E-state index contributed by atoms with van der Waals surface area (Å²) in [5.74, 6) is 0. The van der Waals surface area contributed by atoms with E-state index in [1.807, 2.05) is 0 Å². The van der Waals surface area contributed by atoms with Crippen LogP contribution >= 0.6 is 7.60 Å². The molecule has 0 aromatic carbocycles. The SMILES string of the molecule is CO[Si](CCP(=O)(O)O)(OC)O[Si]. The fourth-order valence-electron chi connectivity index (χ4n) is 0.704. The predicted molar refractivity (Wildman–Crippen MR) is 48.3 cm³/mol. The lowest BCUT2D eigenvalue weighted by molar-refractivity contribution is 0.167. The first-order valence-electron chi connectivity index (χ1n) is 3.39. The van der Waals surface area contributed by atoms with Crippen molar-refractivity contribution in [1.29, 1.82) is 0 Å². The van der Waals surface area contributed by atoms with Crippen LogP contribution in [0.25, 0.3) is 0 Å². The van der Waals surface area contributed by atoms with Crippen LogP contribution in [-0.2, 0) is 17.5 Å². The molecule has 0 aromatic heterocycles. The van der Waals surface area contributed by atoms with Crippen molar-refractivity contribution in [3.8, 4) is 0 Å². The molecular weight excluding hydrogens is 231 g/mol. The maximum absolute atomic E-state index is 10.6. The highest BCUT2D eigenvalue weighted by atomic mass is 31.2. The van der Waals surface area contributed by atoms with E-state index in [-0.39, 0.29) is 12.2 Å². The summed E-state index contributed by atoms with van der Waals surface area (Å²) >= 11 is 0. The van der Waals surface area contributed by atoms with Gasteiger partial charge in [-0.1, -0.05) is 0 Å². The fourth-order valence-corrected chi connectivity index (χ4v) is 4.61. The number of hydrogen-bond donors (Lipinski definition) is 2. The third-order valence-corrected chi connectivity index (χ3v) is 6.06. The zero-order chi connectivity index (χ0) is 10.5. The standard InChI is InChI=1S/C4H12O6PSi2/c1-8-13(9-2,10-12)4-3-11(5,6)7/h3-4H2,1-2H3,(H2,5,6,7). The van der Waals surface area contributed by atoms with Gasteiger partial charge in [-0.15, -0.1) is 0 Å². The largest absolute Gasteiger partial charge is 0.490 e. The second-order valence-corrected chi connectivity index (χ2v) is 7.61. The molecule has 6 nitrogen and oxygen atoms in total. The summed E-state index contributed by atoms with van der Waals surface area (Å²) in [7, 11) is -1.42. The molecule has 2 N–H and O–H groups in total. The summed E-state index contributed by atoms with van der Waals surface area (Å²) < 4.78 is 25.2. The molecule has 0 heterocycles. The molecule has 3 radical (unpaired) electrons. The van der Waals surface area contributed by atoms with Crippen molar-refractivity contribution in [1.82, 2.24) is 0 Å². The van der Waals surface area contributed by atoms with Gasteiger partial charge in [0.05, 0.1) is 6.16 Å². The lowest BCUT2D eigenvalue weighted by Crippen LogP contribution is -2.43. The Bertz CT molecular complexity index is 181. The molecule has 0 rings (SSSR count). The molecule has 0 saturated heterocycles. The minimum atomic E-state index is -4.03. The maximum atomic E-state index is 10.6. The normalized spacial score (nSPS) is 13.3. The van der Waals surface area contributed by atoms with Gasteiger partial charge in [0, 0.05) is 20.3 Å². The summed E-state index contributed by atoms with van der Waals surface area (Å²) in [6.07, 6.45) is -0.314. The zero-order valence-corrected chi connectivity index (χ0v) is 10.3. The van der Waals surface area contributed by atoms with Crippen molar-refractivity contribution >= 4 is 26.9 Å². The topological polar surface area (TPSA) is 85.2 Å². The van der Waals surface area contributed by atoms with Gasteiger partial charge in [0.2, 0.25) is 10.5 Å². The van der Waals surface area contributed by atoms with Crippen molar-refractivity contribution in [2.45, 2.75) is 6.04 Å². The van der Waals surface area contributed by atoms with E-state index in [9.17, 15) is 4.57 Å². The third-order valence-electron chi connectivity index (χ3n) is 1.49. The Kier molecular flexibility index (Phi) is 5.56. The van der Waals surface area contributed by atoms with E-state index in [0.29, 0.717) is 0 Å². The van der Waals surface area contributed by atoms with Crippen LogP contribution in [0.5, 0.6) is 0 Å². The number of hydrogen-bond acceptors (Lipinski definition) is 4. The van der Waals surface area contributed by atoms with E-state index < -0.39 is 16.4 Å². The van der Waals surface area contributed by atoms with E-state index in [0.717, 1.165) is 0 Å². The number of rotatable bonds is 6. The second kappa shape index (κ2) is 5.37. The monoisotopic (exact) mass is 243 g/mol. The molecule has 0 atom stereocenters. The molecule has 0 aromatic rings. The Morgan fingerprint density at radius 1 is 1.38 bits per heavy atom. The van der Waals surface area contributed by atoms with Gasteiger partial charge >= 0.3 is 16.4 Å². The smallest absolute Gasteiger partial charge is 0.415 e. The van der Waals surface area contributed by atoms with Crippen molar-refractivity contribution in [3.05, 3.63) is 0 Å². The van der Waals surface area contributed by atoms with Gasteiger partial charge in [0.25, 0.3) is 0 Å². The Morgan fingerprint density at radius 2 is 1.85 bits per heavy atom. The molecule has 0 saturated carbocycles. The minimum absolute atomic E-state index is 0.0633. The van der Waals surface area contributed by atoms with Gasteiger partial charge in [-0.3, -0.25) is 4.57 Å². The average Bonchev–Trinajstić information content (AvgIpc) is 2.06. The fraction of sp³-hybridized carbons (Fsp3) is 1.00. The quantitative estimate of drug-likeness (QED) is 0.483. The molecular formula is C4H12O6PSi2. The van der Waals surface area contributed by atoms with E-state index >= 15 is 0 Å². The first kappa shape index (κ1) is 13.5. The summed E-state index contributed by atoms with van der Waals surface area (Å²) in [5.41, 5.74) is 0. The molecule has 77 valence electrons. The summed E-state index contributed by atoms with van der Waals surface area (Å²) in [6.45, 7) is 0. The van der Waals surface area contributed by atoms with Crippen LogP contribution in [0.1, 0.15) is 0 Å². The molecule has 0 aliphatic rings. The first-order valence-corrected chi connectivity index (χ1v) is 7.52. The molecule has 0 spiro atoms. The van der Waals surface area contributed by atoms with Crippen LogP contribution in [0, 0.1) is 0 Å². The molecule has 0 aliphatic heterocycles. The van der Waals surface area contributed by atoms with Crippen LogP contribution in [-0.4, -0.2) is 49.5 Å². The Hall–Kier alpha value is 0.464. The minimum Gasteiger partial charge on any atom is -0.415 e. The van der Waals surface area contributed by atoms with Gasteiger partial charge in [-0.25, -0.2) is 0 Å². The van der Waals surface area contributed by atoms with Crippen LogP contribution < -0.4 is 0 Å². The van der Waals surface area contributed by atoms with Crippen molar-refractivity contribution < 1.29 is 27.3 Å². The molecule has 0 aliphatic carbocycles. The van der Waals surface area contributed by atoms with Gasteiger partial charge in [-0.2, -0.15) is 0 Å². The summed E-state index contributed by atoms with van der Waals surface area (Å²) in [5, 5.41) is 0. The Balaban J connectivity index is 4.19. The second-order valence-electron chi connectivity index (χ2n) is 2.33. The van der Waals surface area contributed by atoms with Crippen molar-refractivity contribution in [2.24, 2.45) is 0 Å². The summed E-state index contributed by atoms with van der Waals surface area (Å²) in [4.78, 5) is 17.2. The molecule has 9 heteroatoms.